The molecule has 31 heavy (non-hydrogen) atoms. The SMILES string of the molecule is Cc1ccc(S(=O)(=O)N2c3ccccc3[C@@H]3CC(=O)C=C[C@@]32c2ccccc2C)cc1. The number of para-hydroxylation sites is 1. The van der Waals surface area contributed by atoms with E-state index >= 15 is 0 Å². The molecule has 0 spiro atoms. The Morgan fingerprint density at radius 3 is 2.32 bits per heavy atom. The predicted molar refractivity (Wildman–Crippen MR) is 122 cm³/mol. The maximum absolute atomic E-state index is 14.1. The summed E-state index contributed by atoms with van der Waals surface area (Å²) in [4.78, 5) is 12.7. The van der Waals surface area contributed by atoms with Gasteiger partial charge in [-0.25, -0.2) is 8.42 Å². The van der Waals surface area contributed by atoms with Crippen LogP contribution in [-0.2, 0) is 20.4 Å². The minimum absolute atomic E-state index is 0.0126. The third-order valence-electron chi connectivity index (χ3n) is 6.46. The summed E-state index contributed by atoms with van der Waals surface area (Å²) in [6.07, 6.45) is 3.62. The fourth-order valence-electron chi connectivity index (χ4n) is 5.04. The number of aryl methyl sites for hydroxylation is 2. The van der Waals surface area contributed by atoms with E-state index in [0.29, 0.717) is 5.69 Å². The number of fused-ring (bicyclic) bond motifs is 3. The zero-order valence-electron chi connectivity index (χ0n) is 17.4. The van der Waals surface area contributed by atoms with Gasteiger partial charge >= 0.3 is 0 Å². The van der Waals surface area contributed by atoms with Crippen LogP contribution in [0.4, 0.5) is 5.69 Å². The van der Waals surface area contributed by atoms with Crippen molar-refractivity contribution in [2.24, 2.45) is 0 Å². The zero-order valence-corrected chi connectivity index (χ0v) is 18.3. The molecule has 2 aliphatic rings. The highest BCUT2D eigenvalue weighted by Crippen LogP contribution is 2.59. The number of sulfonamides is 1. The molecule has 0 saturated heterocycles. The molecule has 0 bridgehead atoms. The Labute approximate surface area is 182 Å². The van der Waals surface area contributed by atoms with Crippen molar-refractivity contribution in [2.75, 3.05) is 4.31 Å². The molecule has 1 aliphatic heterocycles. The van der Waals surface area contributed by atoms with Crippen LogP contribution < -0.4 is 4.31 Å². The van der Waals surface area contributed by atoms with Crippen LogP contribution in [-0.4, -0.2) is 14.2 Å². The first-order valence-electron chi connectivity index (χ1n) is 10.3. The van der Waals surface area contributed by atoms with Gasteiger partial charge in [0.2, 0.25) is 0 Å². The molecular weight excluding hydrogens is 406 g/mol. The fourth-order valence-corrected chi connectivity index (χ4v) is 6.84. The molecule has 156 valence electrons. The Morgan fingerprint density at radius 2 is 1.58 bits per heavy atom. The summed E-state index contributed by atoms with van der Waals surface area (Å²) in [5, 5.41) is 0. The molecule has 0 radical (unpaired) electrons. The second-order valence-corrected chi connectivity index (χ2v) is 10.1. The number of anilines is 1. The van der Waals surface area contributed by atoms with E-state index in [2.05, 4.69) is 0 Å². The van der Waals surface area contributed by atoms with E-state index in [1.54, 1.807) is 28.6 Å². The lowest BCUT2D eigenvalue weighted by Gasteiger charge is -2.43. The largest absolute Gasteiger partial charge is 0.295 e. The van der Waals surface area contributed by atoms with Crippen molar-refractivity contribution in [3.05, 3.63) is 107 Å². The normalized spacial score (nSPS) is 22.3. The van der Waals surface area contributed by atoms with E-state index in [9.17, 15) is 13.2 Å². The van der Waals surface area contributed by atoms with Crippen molar-refractivity contribution in [2.45, 2.75) is 36.6 Å². The lowest BCUT2D eigenvalue weighted by atomic mass is 9.71. The average molecular weight is 430 g/mol. The molecule has 5 heteroatoms. The smallest absolute Gasteiger partial charge is 0.265 e. The molecule has 0 unspecified atom stereocenters. The van der Waals surface area contributed by atoms with Gasteiger partial charge < -0.3 is 0 Å². The van der Waals surface area contributed by atoms with Crippen molar-refractivity contribution >= 4 is 21.5 Å². The first-order chi connectivity index (χ1) is 14.9. The van der Waals surface area contributed by atoms with E-state index in [0.717, 1.165) is 22.3 Å². The number of nitrogens with zero attached hydrogens (tertiary/aromatic N) is 1. The molecule has 0 N–H and O–H groups in total. The van der Waals surface area contributed by atoms with Crippen molar-refractivity contribution in [3.63, 3.8) is 0 Å². The first-order valence-corrected chi connectivity index (χ1v) is 11.8. The van der Waals surface area contributed by atoms with Crippen LogP contribution in [0.15, 0.2) is 89.8 Å². The Morgan fingerprint density at radius 1 is 0.903 bits per heavy atom. The first kappa shape index (κ1) is 19.8. The Kier molecular flexibility index (Phi) is 4.41. The number of benzene rings is 3. The van der Waals surface area contributed by atoms with Gasteiger partial charge in [0, 0.05) is 12.3 Å². The lowest BCUT2D eigenvalue weighted by Crippen LogP contribution is -2.50. The topological polar surface area (TPSA) is 54.5 Å². The lowest BCUT2D eigenvalue weighted by molar-refractivity contribution is -0.115. The van der Waals surface area contributed by atoms with Gasteiger partial charge in [-0.1, -0.05) is 60.2 Å². The van der Waals surface area contributed by atoms with E-state index in [1.807, 2.05) is 74.5 Å². The number of allylic oxidation sites excluding steroid dienone is 1. The molecule has 0 aromatic heterocycles. The molecule has 2 atom stereocenters. The molecule has 0 fully saturated rings. The van der Waals surface area contributed by atoms with E-state index < -0.39 is 15.6 Å². The van der Waals surface area contributed by atoms with Gasteiger partial charge in [0.15, 0.2) is 5.78 Å². The molecule has 4 nitrogen and oxygen atoms in total. The fraction of sp³-hybridized carbons (Fsp3) is 0.192. The van der Waals surface area contributed by atoms with Crippen molar-refractivity contribution in [3.8, 4) is 0 Å². The van der Waals surface area contributed by atoms with Gasteiger partial charge in [0.25, 0.3) is 10.0 Å². The van der Waals surface area contributed by atoms with Crippen LogP contribution >= 0.6 is 0 Å². The van der Waals surface area contributed by atoms with E-state index in [-0.39, 0.29) is 23.0 Å². The molecule has 3 aromatic carbocycles. The van der Waals surface area contributed by atoms with Crippen LogP contribution in [0.2, 0.25) is 0 Å². The van der Waals surface area contributed by atoms with Gasteiger partial charge in [-0.2, -0.15) is 0 Å². The van der Waals surface area contributed by atoms with Crippen LogP contribution in [0.3, 0.4) is 0 Å². The Hall–Kier alpha value is -3.18. The second kappa shape index (κ2) is 6.92. The zero-order chi connectivity index (χ0) is 21.8. The molecule has 1 heterocycles. The number of hydrogen-bond acceptors (Lipinski definition) is 3. The molecule has 0 saturated carbocycles. The molecule has 1 aliphatic carbocycles. The number of carbonyl (C=O) groups is 1. The maximum atomic E-state index is 14.1. The van der Waals surface area contributed by atoms with Crippen LogP contribution in [0, 0.1) is 13.8 Å². The molecule has 5 rings (SSSR count). The monoisotopic (exact) mass is 429 g/mol. The molecule has 3 aromatic rings. The number of carbonyl (C=O) groups excluding carboxylic acids is 1. The highest BCUT2D eigenvalue weighted by atomic mass is 32.2. The maximum Gasteiger partial charge on any atom is 0.265 e. The van der Waals surface area contributed by atoms with E-state index in [4.69, 9.17) is 0 Å². The van der Waals surface area contributed by atoms with Crippen LogP contribution in [0.5, 0.6) is 0 Å². The second-order valence-electron chi connectivity index (χ2n) is 8.34. The Bertz CT molecular complexity index is 1320. The van der Waals surface area contributed by atoms with Gasteiger partial charge in [0.1, 0.15) is 5.54 Å². The number of ketones is 1. The third kappa shape index (κ3) is 2.80. The highest BCUT2D eigenvalue weighted by molar-refractivity contribution is 7.93. The van der Waals surface area contributed by atoms with Crippen LogP contribution in [0.1, 0.15) is 34.6 Å². The van der Waals surface area contributed by atoms with Gasteiger partial charge in [0.05, 0.1) is 10.6 Å². The minimum atomic E-state index is -3.91. The number of hydrogen-bond donors (Lipinski definition) is 0. The van der Waals surface area contributed by atoms with Crippen molar-refractivity contribution < 1.29 is 13.2 Å². The summed E-state index contributed by atoms with van der Waals surface area (Å²) in [5.74, 6) is -0.277. The minimum Gasteiger partial charge on any atom is -0.295 e. The summed E-state index contributed by atoms with van der Waals surface area (Å²) in [6, 6.07) is 22.3. The summed E-state index contributed by atoms with van der Waals surface area (Å²) in [7, 11) is -3.91. The summed E-state index contributed by atoms with van der Waals surface area (Å²) in [6.45, 7) is 3.92. The quantitative estimate of drug-likeness (QED) is 0.587. The Balaban J connectivity index is 1.86. The van der Waals surface area contributed by atoms with Gasteiger partial charge in [-0.3, -0.25) is 9.10 Å². The highest BCUT2D eigenvalue weighted by Gasteiger charge is 2.57. The van der Waals surface area contributed by atoms with Gasteiger partial charge in [-0.15, -0.1) is 0 Å². The molecule has 0 amide bonds. The summed E-state index contributed by atoms with van der Waals surface area (Å²) in [5.41, 5.74) is 3.41. The van der Waals surface area contributed by atoms with Crippen molar-refractivity contribution in [1.29, 1.82) is 0 Å². The van der Waals surface area contributed by atoms with Gasteiger partial charge in [-0.05, 0) is 60.9 Å². The molecular formula is C26H23NO3S. The van der Waals surface area contributed by atoms with Crippen LogP contribution in [0.25, 0.3) is 0 Å². The predicted octanol–water partition coefficient (Wildman–Crippen LogP) is 5.02. The average Bonchev–Trinajstić information content (AvgIpc) is 3.05. The summed E-state index contributed by atoms with van der Waals surface area (Å²) < 4.78 is 29.8. The number of rotatable bonds is 3. The van der Waals surface area contributed by atoms with Crippen molar-refractivity contribution in [1.82, 2.24) is 0 Å². The standard InChI is InChI=1S/C26H23NO3S/c1-18-11-13-21(14-12-18)31(29,30)27-25-10-6-4-8-22(25)24-17-20(28)15-16-26(24,27)23-9-5-3-7-19(23)2/h3-16,24H,17H2,1-2H3/t24-,26+/m0/s1. The van der Waals surface area contributed by atoms with E-state index in [1.165, 1.54) is 0 Å². The third-order valence-corrected chi connectivity index (χ3v) is 8.31. The summed E-state index contributed by atoms with van der Waals surface area (Å²) >= 11 is 0.